The number of thiazole rings is 1. The molecule has 6 nitrogen and oxygen atoms in total. The Morgan fingerprint density at radius 3 is 2.21 bits per heavy atom. The van der Waals surface area contributed by atoms with Crippen molar-refractivity contribution in [1.82, 2.24) is 4.98 Å². The molecule has 1 N–H and O–H groups in total. The summed E-state index contributed by atoms with van der Waals surface area (Å²) >= 11 is 1.17. The number of carbonyl (C=O) groups excluding carboxylic acids is 2. The zero-order valence-electron chi connectivity index (χ0n) is 18.2. The molecule has 0 bridgehead atoms. The Morgan fingerprint density at radius 2 is 1.55 bits per heavy atom. The molecule has 0 spiro atoms. The van der Waals surface area contributed by atoms with Gasteiger partial charge in [0.1, 0.15) is 4.88 Å². The van der Waals surface area contributed by atoms with Crippen LogP contribution in [0.4, 0.5) is 5.13 Å². The Morgan fingerprint density at radius 1 is 0.879 bits per heavy atom. The van der Waals surface area contributed by atoms with E-state index in [2.05, 4.69) is 10.3 Å². The number of anilines is 1. The van der Waals surface area contributed by atoms with Crippen LogP contribution in [-0.4, -0.2) is 30.9 Å². The third-order valence-corrected chi connectivity index (χ3v) is 5.95. The van der Waals surface area contributed by atoms with Crippen LogP contribution in [0, 0.1) is 0 Å². The van der Waals surface area contributed by atoms with Crippen LogP contribution in [0.3, 0.4) is 0 Å². The fraction of sp³-hybridized carbons (Fsp3) is 0.115. The number of nitrogens with one attached hydrogen (secondary N) is 1. The number of rotatable bonds is 8. The Hall–Kier alpha value is -3.97. The molecule has 1 aromatic heterocycles. The van der Waals surface area contributed by atoms with Crippen LogP contribution < -0.4 is 14.8 Å². The molecule has 3 aromatic carbocycles. The Balaban J connectivity index is 1.60. The molecule has 7 heteroatoms. The molecule has 4 aromatic rings. The SMILES string of the molecule is COc1ccc(CC(=O)Nc2nc(-c3ccccc3)c(C(=O)c3ccccc3)s2)cc1OC. The van der Waals surface area contributed by atoms with Crippen molar-refractivity contribution in [1.29, 1.82) is 0 Å². The number of hydrogen-bond acceptors (Lipinski definition) is 6. The van der Waals surface area contributed by atoms with Crippen molar-refractivity contribution >= 4 is 28.2 Å². The van der Waals surface area contributed by atoms with Crippen molar-refractivity contribution in [3.8, 4) is 22.8 Å². The number of hydrogen-bond donors (Lipinski definition) is 1. The molecule has 33 heavy (non-hydrogen) atoms. The first-order valence-corrected chi connectivity index (χ1v) is 11.1. The highest BCUT2D eigenvalue weighted by Gasteiger charge is 2.21. The zero-order chi connectivity index (χ0) is 23.2. The highest BCUT2D eigenvalue weighted by Crippen LogP contribution is 2.33. The van der Waals surface area contributed by atoms with Gasteiger partial charge in [0, 0.05) is 11.1 Å². The first-order chi connectivity index (χ1) is 16.1. The van der Waals surface area contributed by atoms with Crippen LogP contribution in [-0.2, 0) is 11.2 Å². The van der Waals surface area contributed by atoms with E-state index in [1.165, 1.54) is 11.3 Å². The molecule has 0 saturated carbocycles. The van der Waals surface area contributed by atoms with Gasteiger partial charge < -0.3 is 14.8 Å². The molecular formula is C26H22N2O4S. The molecule has 1 amide bonds. The predicted molar refractivity (Wildman–Crippen MR) is 129 cm³/mol. The average Bonchev–Trinajstić information content (AvgIpc) is 3.28. The number of amides is 1. The van der Waals surface area contributed by atoms with Gasteiger partial charge in [-0.1, -0.05) is 78.1 Å². The van der Waals surface area contributed by atoms with Gasteiger partial charge >= 0.3 is 0 Å². The second kappa shape index (κ2) is 10.1. The maximum Gasteiger partial charge on any atom is 0.230 e. The number of methoxy groups -OCH3 is 2. The van der Waals surface area contributed by atoms with Crippen molar-refractivity contribution in [3.05, 3.63) is 94.9 Å². The van der Waals surface area contributed by atoms with Gasteiger partial charge in [0.25, 0.3) is 0 Å². The maximum atomic E-state index is 13.2. The number of ketones is 1. The van der Waals surface area contributed by atoms with Gasteiger partial charge in [-0.15, -0.1) is 0 Å². The summed E-state index contributed by atoms with van der Waals surface area (Å²) in [4.78, 5) is 31.0. The summed E-state index contributed by atoms with van der Waals surface area (Å²) in [6.07, 6.45) is 0.128. The van der Waals surface area contributed by atoms with E-state index < -0.39 is 0 Å². The zero-order valence-corrected chi connectivity index (χ0v) is 19.0. The minimum atomic E-state index is -0.241. The van der Waals surface area contributed by atoms with Gasteiger partial charge in [0.2, 0.25) is 11.7 Å². The van der Waals surface area contributed by atoms with Crippen LogP contribution >= 0.6 is 11.3 Å². The minimum absolute atomic E-state index is 0.128. The summed E-state index contributed by atoms with van der Waals surface area (Å²) in [6.45, 7) is 0. The average molecular weight is 459 g/mol. The predicted octanol–water partition coefficient (Wildman–Crippen LogP) is 5.24. The fourth-order valence-corrected chi connectivity index (χ4v) is 4.35. The lowest BCUT2D eigenvalue weighted by Crippen LogP contribution is -2.14. The molecule has 0 saturated heterocycles. The number of benzene rings is 3. The van der Waals surface area contributed by atoms with Crippen LogP contribution in [0.15, 0.2) is 78.9 Å². The molecule has 0 aliphatic heterocycles. The minimum Gasteiger partial charge on any atom is -0.493 e. The number of aromatic nitrogens is 1. The van der Waals surface area contributed by atoms with Crippen LogP contribution in [0.1, 0.15) is 20.8 Å². The van der Waals surface area contributed by atoms with Crippen molar-refractivity contribution in [2.24, 2.45) is 0 Å². The first-order valence-electron chi connectivity index (χ1n) is 10.3. The lowest BCUT2D eigenvalue weighted by atomic mass is 10.1. The Kier molecular flexibility index (Phi) is 6.80. The molecule has 0 aliphatic rings. The van der Waals surface area contributed by atoms with Crippen LogP contribution in [0.25, 0.3) is 11.3 Å². The number of ether oxygens (including phenoxy) is 2. The molecule has 0 atom stereocenters. The molecular weight excluding hydrogens is 436 g/mol. The molecule has 1 heterocycles. The quantitative estimate of drug-likeness (QED) is 0.366. The number of nitrogens with zero attached hydrogens (tertiary/aromatic N) is 1. The lowest BCUT2D eigenvalue weighted by molar-refractivity contribution is -0.115. The third kappa shape index (κ3) is 5.10. The Bertz CT molecular complexity index is 1270. The van der Waals surface area contributed by atoms with Crippen molar-refractivity contribution in [3.63, 3.8) is 0 Å². The number of carbonyl (C=O) groups is 2. The summed E-state index contributed by atoms with van der Waals surface area (Å²) in [7, 11) is 3.11. The van der Waals surface area contributed by atoms with Gasteiger partial charge in [0.15, 0.2) is 16.6 Å². The molecule has 0 radical (unpaired) electrons. The highest BCUT2D eigenvalue weighted by atomic mass is 32.1. The molecule has 166 valence electrons. The standard InChI is InChI=1S/C26H22N2O4S/c1-31-20-14-13-17(15-21(20)32-2)16-22(29)27-26-28-23(18-9-5-3-6-10-18)25(33-26)24(30)19-11-7-4-8-12-19/h3-15H,16H2,1-2H3,(H,27,28,29). The first kappa shape index (κ1) is 22.2. The van der Waals surface area contributed by atoms with E-state index in [1.807, 2.05) is 54.6 Å². The van der Waals surface area contributed by atoms with Gasteiger partial charge in [0.05, 0.1) is 26.3 Å². The largest absolute Gasteiger partial charge is 0.493 e. The van der Waals surface area contributed by atoms with Gasteiger partial charge in [-0.25, -0.2) is 4.98 Å². The van der Waals surface area contributed by atoms with Gasteiger partial charge in [-0.3, -0.25) is 9.59 Å². The van der Waals surface area contributed by atoms with Crippen molar-refractivity contribution < 1.29 is 19.1 Å². The molecule has 0 unspecified atom stereocenters. The van der Waals surface area contributed by atoms with E-state index >= 15 is 0 Å². The van der Waals surface area contributed by atoms with E-state index in [9.17, 15) is 9.59 Å². The fourth-order valence-electron chi connectivity index (χ4n) is 3.38. The van der Waals surface area contributed by atoms with Crippen LogP contribution in [0.2, 0.25) is 0 Å². The monoisotopic (exact) mass is 458 g/mol. The smallest absolute Gasteiger partial charge is 0.230 e. The molecule has 0 fully saturated rings. The van der Waals surface area contributed by atoms with E-state index in [0.29, 0.717) is 32.8 Å². The van der Waals surface area contributed by atoms with Gasteiger partial charge in [-0.2, -0.15) is 0 Å². The van der Waals surface area contributed by atoms with E-state index in [4.69, 9.17) is 9.47 Å². The Labute approximate surface area is 195 Å². The topological polar surface area (TPSA) is 77.5 Å². The van der Waals surface area contributed by atoms with E-state index in [0.717, 1.165) is 11.1 Å². The molecule has 4 rings (SSSR count). The van der Waals surface area contributed by atoms with E-state index in [-0.39, 0.29) is 18.1 Å². The summed E-state index contributed by atoms with van der Waals surface area (Å²) in [5.74, 6) is 0.777. The summed E-state index contributed by atoms with van der Waals surface area (Å²) in [6, 6.07) is 23.8. The summed E-state index contributed by atoms with van der Waals surface area (Å²) in [5.41, 5.74) is 2.71. The normalized spacial score (nSPS) is 10.5. The van der Waals surface area contributed by atoms with E-state index in [1.54, 1.807) is 38.5 Å². The lowest BCUT2D eigenvalue weighted by Gasteiger charge is -2.09. The second-order valence-electron chi connectivity index (χ2n) is 7.17. The summed E-state index contributed by atoms with van der Waals surface area (Å²) < 4.78 is 10.6. The van der Waals surface area contributed by atoms with Crippen LogP contribution in [0.5, 0.6) is 11.5 Å². The second-order valence-corrected chi connectivity index (χ2v) is 8.17. The molecule has 0 aliphatic carbocycles. The van der Waals surface area contributed by atoms with Crippen molar-refractivity contribution in [2.75, 3.05) is 19.5 Å². The third-order valence-electron chi connectivity index (χ3n) is 4.98. The highest BCUT2D eigenvalue weighted by molar-refractivity contribution is 7.18. The van der Waals surface area contributed by atoms with Gasteiger partial charge in [-0.05, 0) is 17.7 Å². The van der Waals surface area contributed by atoms with Crippen molar-refractivity contribution in [2.45, 2.75) is 6.42 Å². The maximum absolute atomic E-state index is 13.2. The summed E-state index contributed by atoms with van der Waals surface area (Å²) in [5, 5.41) is 3.21.